The maximum Gasteiger partial charge on any atom is 0.417 e. The summed E-state index contributed by atoms with van der Waals surface area (Å²) in [6, 6.07) is 12.7. The number of hydrogen-bond donors (Lipinski definition) is 1. The zero-order valence-electron chi connectivity index (χ0n) is 14.6. The molecule has 6 heteroatoms. The van der Waals surface area contributed by atoms with Crippen LogP contribution >= 0.6 is 11.6 Å². The van der Waals surface area contributed by atoms with E-state index in [1.807, 2.05) is 31.2 Å². The molecule has 0 aromatic heterocycles. The molecule has 2 heterocycles. The lowest BCUT2D eigenvalue weighted by Gasteiger charge is -2.55. The van der Waals surface area contributed by atoms with E-state index in [2.05, 4.69) is 10.2 Å². The van der Waals surface area contributed by atoms with E-state index in [1.54, 1.807) is 18.2 Å². The Morgan fingerprint density at radius 3 is 2.65 bits per heavy atom. The van der Waals surface area contributed by atoms with Crippen LogP contribution in [0.3, 0.4) is 0 Å². The molecule has 2 aliphatic rings. The molecule has 136 valence electrons. The molecule has 0 saturated carbocycles. The van der Waals surface area contributed by atoms with Crippen molar-refractivity contribution < 1.29 is 14.3 Å². The van der Waals surface area contributed by atoms with Crippen molar-refractivity contribution in [2.45, 2.75) is 13.5 Å². The van der Waals surface area contributed by atoms with Crippen molar-refractivity contribution in [1.29, 1.82) is 0 Å². The standard InChI is InChI=1S/C20H21ClN2O3/c1-14-15(9-23-10-20(11-23)12-25-13-20)7-16(8-18(14)21)22-19(24)26-17-5-3-2-4-6-17/h2-8H,9-13H2,1H3,(H,22,24). The molecule has 2 aromatic rings. The lowest BCUT2D eigenvalue weighted by Crippen LogP contribution is -2.65. The van der Waals surface area contributed by atoms with Gasteiger partial charge in [-0.15, -0.1) is 0 Å². The fourth-order valence-corrected chi connectivity index (χ4v) is 3.78. The third-order valence-electron chi connectivity index (χ3n) is 4.98. The summed E-state index contributed by atoms with van der Waals surface area (Å²) >= 11 is 6.37. The fraction of sp³-hybridized carbons (Fsp3) is 0.350. The summed E-state index contributed by atoms with van der Waals surface area (Å²) in [5.41, 5.74) is 3.17. The first-order chi connectivity index (χ1) is 12.5. The Hall–Kier alpha value is -2.08. The predicted octanol–water partition coefficient (Wildman–Crippen LogP) is 4.09. The van der Waals surface area contributed by atoms with Gasteiger partial charge in [0.25, 0.3) is 0 Å². The van der Waals surface area contributed by atoms with Crippen LogP contribution in [0, 0.1) is 12.3 Å². The summed E-state index contributed by atoms with van der Waals surface area (Å²) < 4.78 is 10.6. The quantitative estimate of drug-likeness (QED) is 0.878. The van der Waals surface area contributed by atoms with Gasteiger partial charge in [-0.25, -0.2) is 4.79 Å². The van der Waals surface area contributed by atoms with E-state index in [0.717, 1.165) is 44.0 Å². The van der Waals surface area contributed by atoms with E-state index in [4.69, 9.17) is 21.1 Å². The monoisotopic (exact) mass is 372 g/mol. The highest BCUT2D eigenvalue weighted by Gasteiger charge is 2.48. The fourth-order valence-electron chi connectivity index (χ4n) is 3.54. The van der Waals surface area contributed by atoms with Gasteiger partial charge >= 0.3 is 6.09 Å². The minimum atomic E-state index is -0.531. The number of hydrogen-bond acceptors (Lipinski definition) is 4. The van der Waals surface area contributed by atoms with Crippen molar-refractivity contribution in [2.24, 2.45) is 5.41 Å². The molecule has 1 amide bonds. The van der Waals surface area contributed by atoms with Crippen molar-refractivity contribution in [3.8, 4) is 5.75 Å². The molecule has 26 heavy (non-hydrogen) atoms. The van der Waals surface area contributed by atoms with E-state index in [-0.39, 0.29) is 0 Å². The number of nitrogens with zero attached hydrogens (tertiary/aromatic N) is 1. The number of anilines is 1. The topological polar surface area (TPSA) is 50.8 Å². The second kappa shape index (κ2) is 6.91. The largest absolute Gasteiger partial charge is 0.417 e. The van der Waals surface area contributed by atoms with E-state index < -0.39 is 6.09 Å². The molecule has 0 bridgehead atoms. The number of carbonyl (C=O) groups excluding carboxylic acids is 1. The third-order valence-corrected chi connectivity index (χ3v) is 5.37. The van der Waals surface area contributed by atoms with Crippen LogP contribution in [0.5, 0.6) is 5.75 Å². The van der Waals surface area contributed by atoms with Crippen LogP contribution in [0.4, 0.5) is 10.5 Å². The molecule has 0 aliphatic carbocycles. The number of carbonyl (C=O) groups is 1. The van der Waals surface area contributed by atoms with Crippen molar-refractivity contribution in [3.63, 3.8) is 0 Å². The maximum absolute atomic E-state index is 12.1. The van der Waals surface area contributed by atoms with E-state index in [9.17, 15) is 4.79 Å². The van der Waals surface area contributed by atoms with Gasteiger partial charge in [0.1, 0.15) is 5.75 Å². The SMILES string of the molecule is Cc1c(Cl)cc(NC(=O)Oc2ccccc2)cc1CN1CC2(COC2)C1. The Bertz CT molecular complexity index is 813. The van der Waals surface area contributed by atoms with Crippen LogP contribution in [-0.2, 0) is 11.3 Å². The van der Waals surface area contributed by atoms with Crippen LogP contribution in [-0.4, -0.2) is 37.3 Å². The molecule has 2 aliphatic heterocycles. The van der Waals surface area contributed by atoms with Crippen molar-refractivity contribution >= 4 is 23.4 Å². The Morgan fingerprint density at radius 2 is 2.00 bits per heavy atom. The summed E-state index contributed by atoms with van der Waals surface area (Å²) in [4.78, 5) is 14.5. The average molecular weight is 373 g/mol. The normalized spacial score (nSPS) is 18.1. The Labute approximate surface area is 157 Å². The lowest BCUT2D eigenvalue weighted by atomic mass is 9.78. The minimum absolute atomic E-state index is 0.382. The number of rotatable bonds is 4. The van der Waals surface area contributed by atoms with Crippen LogP contribution in [0.1, 0.15) is 11.1 Å². The summed E-state index contributed by atoms with van der Waals surface area (Å²) in [5.74, 6) is 0.497. The Morgan fingerprint density at radius 1 is 1.27 bits per heavy atom. The first kappa shape index (κ1) is 17.3. The summed E-state index contributed by atoms with van der Waals surface area (Å²) in [5, 5.41) is 3.40. The molecule has 2 fully saturated rings. The average Bonchev–Trinajstić information content (AvgIpc) is 2.53. The zero-order chi connectivity index (χ0) is 18.1. The van der Waals surface area contributed by atoms with Crippen molar-refractivity contribution in [2.75, 3.05) is 31.6 Å². The zero-order valence-corrected chi connectivity index (χ0v) is 15.4. The molecule has 1 N–H and O–H groups in total. The number of likely N-dealkylation sites (tertiary alicyclic amines) is 1. The van der Waals surface area contributed by atoms with E-state index in [0.29, 0.717) is 21.9 Å². The van der Waals surface area contributed by atoms with E-state index >= 15 is 0 Å². The number of para-hydroxylation sites is 1. The first-order valence-electron chi connectivity index (χ1n) is 8.66. The molecular formula is C20H21ClN2O3. The second-order valence-corrected chi connectivity index (χ2v) is 7.61. The highest BCUT2D eigenvalue weighted by molar-refractivity contribution is 6.31. The van der Waals surface area contributed by atoms with Crippen LogP contribution in [0.15, 0.2) is 42.5 Å². The molecule has 0 atom stereocenters. The van der Waals surface area contributed by atoms with Crippen molar-refractivity contribution in [3.05, 3.63) is 58.6 Å². The number of halogens is 1. The number of benzene rings is 2. The second-order valence-electron chi connectivity index (χ2n) is 7.21. The van der Waals surface area contributed by atoms with Crippen molar-refractivity contribution in [1.82, 2.24) is 4.90 Å². The Kier molecular flexibility index (Phi) is 4.61. The van der Waals surface area contributed by atoms with Gasteiger partial charge in [0.05, 0.1) is 13.2 Å². The van der Waals surface area contributed by atoms with Crippen LogP contribution in [0.25, 0.3) is 0 Å². The van der Waals surface area contributed by atoms with Gasteiger partial charge < -0.3 is 9.47 Å². The molecule has 0 unspecified atom stereocenters. The molecule has 4 rings (SSSR count). The highest BCUT2D eigenvalue weighted by Crippen LogP contribution is 2.39. The molecule has 2 aromatic carbocycles. The van der Waals surface area contributed by atoms with Gasteiger partial charge in [0, 0.05) is 35.8 Å². The molecule has 0 radical (unpaired) electrons. The number of ether oxygens (including phenoxy) is 2. The summed E-state index contributed by atoms with van der Waals surface area (Å²) in [6.07, 6.45) is -0.531. The van der Waals surface area contributed by atoms with E-state index in [1.165, 1.54) is 0 Å². The maximum atomic E-state index is 12.1. The molecule has 5 nitrogen and oxygen atoms in total. The minimum Gasteiger partial charge on any atom is -0.410 e. The van der Waals surface area contributed by atoms with Gasteiger partial charge in [-0.05, 0) is 42.3 Å². The van der Waals surface area contributed by atoms with Gasteiger partial charge in [0.15, 0.2) is 0 Å². The van der Waals surface area contributed by atoms with Gasteiger partial charge in [-0.1, -0.05) is 29.8 Å². The van der Waals surface area contributed by atoms with Crippen LogP contribution < -0.4 is 10.1 Å². The summed E-state index contributed by atoms with van der Waals surface area (Å²) in [7, 11) is 0. The van der Waals surface area contributed by atoms with Gasteiger partial charge in [-0.3, -0.25) is 10.2 Å². The van der Waals surface area contributed by atoms with Gasteiger partial charge in [0.2, 0.25) is 0 Å². The number of nitrogens with one attached hydrogen (secondary N) is 1. The first-order valence-corrected chi connectivity index (χ1v) is 9.04. The predicted molar refractivity (Wildman–Crippen MR) is 101 cm³/mol. The smallest absolute Gasteiger partial charge is 0.410 e. The lowest BCUT2D eigenvalue weighted by molar-refractivity contribution is -0.191. The third kappa shape index (κ3) is 3.56. The summed E-state index contributed by atoms with van der Waals surface area (Å²) in [6.45, 7) is 6.67. The Balaban J connectivity index is 1.41. The molecule has 2 saturated heterocycles. The van der Waals surface area contributed by atoms with Gasteiger partial charge in [-0.2, -0.15) is 0 Å². The molecular weight excluding hydrogens is 352 g/mol. The van der Waals surface area contributed by atoms with Crippen LogP contribution in [0.2, 0.25) is 5.02 Å². The highest BCUT2D eigenvalue weighted by atomic mass is 35.5. The molecule has 1 spiro atoms. The number of amides is 1.